The Hall–Kier alpha value is -4.16. The van der Waals surface area contributed by atoms with E-state index in [9.17, 15) is 33.9 Å². The summed E-state index contributed by atoms with van der Waals surface area (Å²) in [6.45, 7) is 2.80. The van der Waals surface area contributed by atoms with Gasteiger partial charge in [-0.25, -0.2) is 14.6 Å². The van der Waals surface area contributed by atoms with E-state index in [2.05, 4.69) is 48.9 Å². The first-order valence-corrected chi connectivity index (χ1v) is 16.4. The predicted molar refractivity (Wildman–Crippen MR) is 181 cm³/mol. The number of ether oxygens (including phenoxy) is 1. The minimum atomic E-state index is -1.19. The zero-order valence-corrected chi connectivity index (χ0v) is 28.7. The van der Waals surface area contributed by atoms with Crippen molar-refractivity contribution in [2.45, 2.75) is 89.8 Å². The number of carboxylic acids is 2. The number of carbonyl (C=O) groups excluding carboxylic acids is 4. The van der Waals surface area contributed by atoms with E-state index in [1.807, 2.05) is 6.07 Å². The van der Waals surface area contributed by atoms with Crippen LogP contribution in [0, 0.1) is 3.57 Å². The summed E-state index contributed by atoms with van der Waals surface area (Å²) in [4.78, 5) is 74.7. The first-order valence-electron chi connectivity index (χ1n) is 15.3. The lowest BCUT2D eigenvalue weighted by molar-refractivity contribution is -0.142. The van der Waals surface area contributed by atoms with Crippen molar-refractivity contribution < 1.29 is 43.7 Å². The van der Waals surface area contributed by atoms with E-state index in [1.165, 1.54) is 0 Å². The molecule has 0 heterocycles. The Bertz CT molecular complexity index is 1240. The molecule has 0 radical (unpaired) electrons. The summed E-state index contributed by atoms with van der Waals surface area (Å²) < 4.78 is 5.89. The molecule has 47 heavy (non-hydrogen) atoms. The van der Waals surface area contributed by atoms with E-state index in [-0.39, 0.29) is 62.7 Å². The van der Waals surface area contributed by atoms with Gasteiger partial charge < -0.3 is 47.7 Å². The molecule has 10 N–H and O–H groups in total. The summed E-state index contributed by atoms with van der Waals surface area (Å²) >= 11 is 2.09. The third-order valence-electron chi connectivity index (χ3n) is 6.61. The van der Waals surface area contributed by atoms with Crippen LogP contribution in [0.5, 0.6) is 0 Å². The molecule has 0 spiro atoms. The molecular weight excluding hydrogens is 733 g/mol. The minimum Gasteiger partial charge on any atom is -0.481 e. The number of benzene rings is 1. The molecule has 0 saturated heterocycles. The van der Waals surface area contributed by atoms with E-state index in [4.69, 9.17) is 21.3 Å². The lowest BCUT2D eigenvalue weighted by Gasteiger charge is -2.15. The Morgan fingerprint density at radius 2 is 1.53 bits per heavy atom. The van der Waals surface area contributed by atoms with Crippen LogP contribution < -0.4 is 32.7 Å². The smallest absolute Gasteiger partial charge is 0.407 e. The molecule has 0 aliphatic heterocycles. The number of aliphatic imine (C=N–C) groups is 1. The van der Waals surface area contributed by atoms with Gasteiger partial charge in [0.25, 0.3) is 5.91 Å². The topological polar surface area (TPSA) is 265 Å². The van der Waals surface area contributed by atoms with Crippen molar-refractivity contribution in [3.05, 3.63) is 32.9 Å². The highest BCUT2D eigenvalue weighted by molar-refractivity contribution is 14.1. The van der Waals surface area contributed by atoms with Gasteiger partial charge in [-0.05, 0) is 98.2 Å². The number of hydrogen-bond acceptors (Lipinski definition) is 8. The second-order valence-corrected chi connectivity index (χ2v) is 12.1. The highest BCUT2D eigenvalue weighted by Gasteiger charge is 2.20. The van der Waals surface area contributed by atoms with Crippen LogP contribution in [-0.4, -0.2) is 83.7 Å². The van der Waals surface area contributed by atoms with Gasteiger partial charge in [0.15, 0.2) is 5.96 Å². The molecule has 16 nitrogen and oxygen atoms in total. The summed E-state index contributed by atoms with van der Waals surface area (Å²) in [6.07, 6.45) is 2.34. The molecule has 2 atom stereocenters. The highest BCUT2D eigenvalue weighted by Crippen LogP contribution is 2.14. The monoisotopic (exact) mass is 779 g/mol. The Labute approximate surface area is 287 Å². The van der Waals surface area contributed by atoms with Crippen LogP contribution in [0.4, 0.5) is 4.79 Å². The third-order valence-corrected chi connectivity index (χ3v) is 7.24. The van der Waals surface area contributed by atoms with Crippen LogP contribution in [0.2, 0.25) is 0 Å². The molecule has 4 amide bonds. The van der Waals surface area contributed by atoms with Crippen LogP contribution in [0.1, 0.15) is 87.1 Å². The van der Waals surface area contributed by atoms with Crippen LogP contribution in [0.25, 0.3) is 0 Å². The van der Waals surface area contributed by atoms with Gasteiger partial charge in [0, 0.05) is 47.5 Å². The zero-order chi connectivity index (χ0) is 35.2. The van der Waals surface area contributed by atoms with E-state index < -0.39 is 30.0 Å². The fraction of sp³-hybridized carbons (Fsp3) is 0.567. The molecule has 0 fully saturated rings. The van der Waals surface area contributed by atoms with Gasteiger partial charge in [0.1, 0.15) is 6.04 Å². The number of nitrogens with zero attached hydrogens (tertiary/aromatic N) is 1. The number of aliphatic carboxylic acids is 2. The molecule has 1 aromatic carbocycles. The number of carbonyl (C=O) groups is 6. The van der Waals surface area contributed by atoms with Crippen molar-refractivity contribution in [2.75, 3.05) is 19.7 Å². The van der Waals surface area contributed by atoms with Crippen LogP contribution in [-0.2, 0) is 30.5 Å². The molecule has 262 valence electrons. The van der Waals surface area contributed by atoms with Crippen molar-refractivity contribution in [2.24, 2.45) is 16.5 Å². The second-order valence-electron chi connectivity index (χ2n) is 10.8. The molecule has 0 bridgehead atoms. The van der Waals surface area contributed by atoms with Gasteiger partial charge in [-0.2, -0.15) is 0 Å². The Balaban J connectivity index is 2.22. The normalized spacial score (nSPS) is 11.8. The predicted octanol–water partition coefficient (Wildman–Crippen LogP) is 1.58. The number of rotatable bonds is 23. The molecule has 0 aromatic heterocycles. The second kappa shape index (κ2) is 23.2. The standard InChI is InChI=1S/C30H46IN7O9/c1-19(8-11-26(41)42)37-30(46)47-14-6-2-4-12-34-24(39)9-10-25(40)38-23(28(44)45)7-3-5-13-35-27(43)21-15-20(16-22(31)17-21)18-36-29(32)33/h15-17,19,23H,2-14,18H2,1H3,(H,34,39)(H,35,43)(H,37,46)(H,38,40)(H,41,42)(H,44,45)(H4,32,33,36)/t19-,23?/m1/s1/i31+4. The van der Waals surface area contributed by atoms with Gasteiger partial charge in [0.2, 0.25) is 11.8 Å². The van der Waals surface area contributed by atoms with Crippen molar-refractivity contribution in [3.63, 3.8) is 0 Å². The van der Waals surface area contributed by atoms with Crippen LogP contribution in [0.3, 0.4) is 0 Å². The average Bonchev–Trinajstić information content (AvgIpc) is 3.00. The fourth-order valence-electron chi connectivity index (χ4n) is 4.12. The first kappa shape index (κ1) is 40.9. The number of carboxylic acid groups (broad SMARTS) is 2. The van der Waals surface area contributed by atoms with Crippen molar-refractivity contribution in [1.82, 2.24) is 21.3 Å². The van der Waals surface area contributed by atoms with E-state index in [0.29, 0.717) is 57.2 Å². The number of amides is 4. The molecule has 17 heteroatoms. The SMILES string of the molecule is C[C@H](CCC(=O)O)NC(=O)OCCCCCNC(=O)CCC(=O)NC(CCCCNC(=O)c1cc([131I])cc(CN=C(N)N)c1)C(=O)O. The number of halogens is 1. The number of alkyl carbamates (subject to hydrolysis) is 1. The molecular formula is C30H46IN7O9. The number of nitrogens with two attached hydrogens (primary N) is 2. The average molecular weight is 780 g/mol. The van der Waals surface area contributed by atoms with Gasteiger partial charge in [-0.3, -0.25) is 19.2 Å². The van der Waals surface area contributed by atoms with Crippen LogP contribution in [0.15, 0.2) is 23.2 Å². The maximum absolute atomic E-state index is 12.6. The van der Waals surface area contributed by atoms with E-state index in [0.717, 1.165) is 9.13 Å². The zero-order valence-electron chi connectivity index (χ0n) is 26.5. The summed E-state index contributed by atoms with van der Waals surface area (Å²) in [5.41, 5.74) is 12.0. The molecule has 1 aromatic rings. The summed E-state index contributed by atoms with van der Waals surface area (Å²) in [7, 11) is 0. The molecule has 1 unspecified atom stereocenters. The maximum Gasteiger partial charge on any atom is 0.407 e. The maximum atomic E-state index is 12.6. The summed E-state index contributed by atoms with van der Waals surface area (Å²) in [5, 5.41) is 28.7. The van der Waals surface area contributed by atoms with Crippen molar-refractivity contribution >= 4 is 64.3 Å². The van der Waals surface area contributed by atoms with Crippen molar-refractivity contribution in [3.8, 4) is 0 Å². The Kier molecular flexibility index (Phi) is 20.2. The minimum absolute atomic E-state index is 0.0482. The Morgan fingerprint density at radius 3 is 2.21 bits per heavy atom. The quantitative estimate of drug-likeness (QED) is 0.0342. The lowest BCUT2D eigenvalue weighted by Crippen LogP contribution is -2.41. The molecule has 0 saturated carbocycles. The van der Waals surface area contributed by atoms with Crippen LogP contribution >= 0.6 is 22.6 Å². The molecule has 0 aliphatic rings. The van der Waals surface area contributed by atoms with Gasteiger partial charge >= 0.3 is 18.0 Å². The van der Waals surface area contributed by atoms with Gasteiger partial charge in [-0.15, -0.1) is 0 Å². The first-order chi connectivity index (χ1) is 22.3. The number of hydrogen-bond donors (Lipinski definition) is 8. The summed E-state index contributed by atoms with van der Waals surface area (Å²) in [5.74, 6) is -3.35. The van der Waals surface area contributed by atoms with E-state index in [1.54, 1.807) is 19.1 Å². The fourth-order valence-corrected chi connectivity index (χ4v) is 4.86. The summed E-state index contributed by atoms with van der Waals surface area (Å²) in [6, 6.07) is 3.85. The highest BCUT2D eigenvalue weighted by atomic mass is 131. The van der Waals surface area contributed by atoms with Gasteiger partial charge in [-0.1, -0.05) is 0 Å². The largest absolute Gasteiger partial charge is 0.481 e. The third kappa shape index (κ3) is 20.6. The van der Waals surface area contributed by atoms with Gasteiger partial charge in [0.05, 0.1) is 13.2 Å². The molecule has 0 aliphatic carbocycles. The Morgan fingerprint density at radius 1 is 0.851 bits per heavy atom. The van der Waals surface area contributed by atoms with E-state index >= 15 is 0 Å². The number of guanidine groups is 1. The van der Waals surface area contributed by atoms with Crippen molar-refractivity contribution in [1.29, 1.82) is 0 Å². The number of nitrogens with one attached hydrogen (secondary N) is 4. The molecule has 1 rings (SSSR count). The number of unbranched alkanes of at least 4 members (excludes halogenated alkanes) is 3. The lowest BCUT2D eigenvalue weighted by atomic mass is 10.1.